The molecule has 0 amide bonds. The highest BCUT2D eigenvalue weighted by atomic mass is 19.4. The molecule has 0 bridgehead atoms. The third kappa shape index (κ3) is 4.63. The van der Waals surface area contributed by atoms with E-state index in [0.717, 1.165) is 23.6 Å². The van der Waals surface area contributed by atoms with Crippen LogP contribution in [0.5, 0.6) is 0 Å². The lowest BCUT2D eigenvalue weighted by Gasteiger charge is -2.35. The summed E-state index contributed by atoms with van der Waals surface area (Å²) in [6.45, 7) is 5.89. The summed E-state index contributed by atoms with van der Waals surface area (Å²) in [5, 5.41) is 3.29. The Balaban J connectivity index is 1.92. The molecule has 8 nitrogen and oxygen atoms in total. The topological polar surface area (TPSA) is 102 Å². The number of nitrogens with two attached hydrogens (primary N) is 1. The van der Waals surface area contributed by atoms with Gasteiger partial charge in [-0.15, -0.1) is 0 Å². The average Bonchev–Trinajstić information content (AvgIpc) is 2.88. The zero-order valence-electron chi connectivity index (χ0n) is 21.9. The minimum absolute atomic E-state index is 0.0679. The van der Waals surface area contributed by atoms with E-state index in [-0.39, 0.29) is 45.4 Å². The number of pyridine rings is 2. The second kappa shape index (κ2) is 10.1. The Labute approximate surface area is 225 Å². The van der Waals surface area contributed by atoms with Crippen molar-refractivity contribution in [1.29, 1.82) is 0 Å². The number of anilines is 2. The Hall–Kier alpha value is -4.13. The number of piperazine rings is 1. The molecule has 5 rings (SSSR count). The van der Waals surface area contributed by atoms with Crippen LogP contribution in [0.2, 0.25) is 0 Å². The number of nitrogens with zero attached hydrogens (tertiary/aromatic N) is 5. The predicted molar refractivity (Wildman–Crippen MR) is 142 cm³/mol. The maximum Gasteiger partial charge on any atom is 0.397 e. The summed E-state index contributed by atoms with van der Waals surface area (Å²) < 4.78 is 73.1. The van der Waals surface area contributed by atoms with E-state index in [1.165, 1.54) is 31.3 Å². The molecule has 1 fully saturated rings. The van der Waals surface area contributed by atoms with Crippen LogP contribution in [0.1, 0.15) is 31.0 Å². The first-order chi connectivity index (χ1) is 18.9. The first-order valence-corrected chi connectivity index (χ1v) is 12.6. The van der Waals surface area contributed by atoms with Crippen molar-refractivity contribution < 1.29 is 22.0 Å². The van der Waals surface area contributed by atoms with Crippen molar-refractivity contribution in [3.8, 4) is 16.9 Å². The van der Waals surface area contributed by atoms with Gasteiger partial charge in [0, 0.05) is 37.6 Å². The molecule has 4 heterocycles. The summed E-state index contributed by atoms with van der Waals surface area (Å²) in [6.07, 6.45) is -3.46. The van der Waals surface area contributed by atoms with Gasteiger partial charge in [-0.05, 0) is 50.6 Å². The van der Waals surface area contributed by atoms with Crippen LogP contribution in [0, 0.1) is 18.6 Å². The SMILES string of the molecule is Cc1ccnc(C(C)C(F)(F)F)c1-n1c(=O)nc(N2CCNC[C@@H]2C)c2cc(F)c(-c3c(N)cccc3F)nc21. The normalized spacial score (nSPS) is 16.9. The number of benzene rings is 1. The molecule has 1 aliphatic rings. The van der Waals surface area contributed by atoms with Crippen molar-refractivity contribution >= 4 is 22.5 Å². The number of nitrogen functional groups attached to an aromatic ring is 1. The Morgan fingerprint density at radius 1 is 1.15 bits per heavy atom. The van der Waals surface area contributed by atoms with Gasteiger partial charge in [-0.1, -0.05) is 6.07 Å². The number of rotatable bonds is 4. The summed E-state index contributed by atoms with van der Waals surface area (Å²) in [5.74, 6) is -3.73. The van der Waals surface area contributed by atoms with Gasteiger partial charge in [0.15, 0.2) is 11.5 Å². The van der Waals surface area contributed by atoms with Gasteiger partial charge >= 0.3 is 11.9 Å². The van der Waals surface area contributed by atoms with Crippen molar-refractivity contribution in [3.63, 3.8) is 0 Å². The van der Waals surface area contributed by atoms with E-state index in [4.69, 9.17) is 5.73 Å². The minimum Gasteiger partial charge on any atom is -0.398 e. The molecule has 210 valence electrons. The maximum absolute atomic E-state index is 15.7. The largest absolute Gasteiger partial charge is 0.398 e. The van der Waals surface area contributed by atoms with Gasteiger partial charge in [0.1, 0.15) is 17.3 Å². The summed E-state index contributed by atoms with van der Waals surface area (Å²) in [7, 11) is 0. The molecule has 1 unspecified atom stereocenters. The fourth-order valence-corrected chi connectivity index (χ4v) is 4.98. The fourth-order valence-electron chi connectivity index (χ4n) is 4.98. The lowest BCUT2D eigenvalue weighted by molar-refractivity contribution is -0.147. The first kappa shape index (κ1) is 27.4. The monoisotopic (exact) mass is 559 g/mol. The Morgan fingerprint density at radius 2 is 1.90 bits per heavy atom. The van der Waals surface area contributed by atoms with Gasteiger partial charge in [-0.2, -0.15) is 18.2 Å². The summed E-state index contributed by atoms with van der Waals surface area (Å²) >= 11 is 0. The molecule has 13 heteroatoms. The van der Waals surface area contributed by atoms with E-state index in [2.05, 4.69) is 20.3 Å². The highest BCUT2D eigenvalue weighted by molar-refractivity contribution is 5.91. The predicted octanol–water partition coefficient (Wildman–Crippen LogP) is 4.48. The number of hydrogen-bond donors (Lipinski definition) is 2. The van der Waals surface area contributed by atoms with Crippen molar-refractivity contribution in [2.24, 2.45) is 0 Å². The molecule has 1 saturated heterocycles. The van der Waals surface area contributed by atoms with Gasteiger partial charge in [-0.25, -0.2) is 23.1 Å². The number of halogens is 5. The summed E-state index contributed by atoms with van der Waals surface area (Å²) in [6, 6.07) is 6.16. The molecule has 40 heavy (non-hydrogen) atoms. The van der Waals surface area contributed by atoms with Crippen LogP contribution in [0.4, 0.5) is 33.5 Å². The van der Waals surface area contributed by atoms with Crippen LogP contribution < -0.4 is 21.6 Å². The van der Waals surface area contributed by atoms with Crippen LogP contribution in [0.15, 0.2) is 41.3 Å². The molecule has 3 N–H and O–H groups in total. The molecule has 3 aromatic heterocycles. The van der Waals surface area contributed by atoms with Crippen LogP contribution in [0.3, 0.4) is 0 Å². The molecule has 0 saturated carbocycles. The van der Waals surface area contributed by atoms with Crippen LogP contribution in [-0.4, -0.2) is 51.4 Å². The zero-order valence-corrected chi connectivity index (χ0v) is 21.9. The number of alkyl halides is 3. The molecule has 0 spiro atoms. The van der Waals surface area contributed by atoms with Crippen molar-refractivity contribution in [1.82, 2.24) is 24.8 Å². The van der Waals surface area contributed by atoms with Crippen molar-refractivity contribution in [2.75, 3.05) is 30.3 Å². The number of aryl methyl sites for hydroxylation is 1. The van der Waals surface area contributed by atoms with E-state index < -0.39 is 40.8 Å². The summed E-state index contributed by atoms with van der Waals surface area (Å²) in [4.78, 5) is 28.1. The van der Waals surface area contributed by atoms with Gasteiger partial charge in [-0.3, -0.25) is 4.98 Å². The second-order valence-corrected chi connectivity index (χ2v) is 9.82. The Morgan fingerprint density at radius 3 is 2.58 bits per heavy atom. The van der Waals surface area contributed by atoms with E-state index in [0.29, 0.717) is 19.6 Å². The lowest BCUT2D eigenvalue weighted by Crippen LogP contribution is -2.50. The number of nitrogens with one attached hydrogen (secondary N) is 1. The maximum atomic E-state index is 15.7. The first-order valence-electron chi connectivity index (χ1n) is 12.6. The molecule has 1 aromatic carbocycles. The molecule has 4 aromatic rings. The minimum atomic E-state index is -4.68. The van der Waals surface area contributed by atoms with E-state index in [9.17, 15) is 22.4 Å². The average molecular weight is 560 g/mol. The Bertz CT molecular complexity index is 1650. The summed E-state index contributed by atoms with van der Waals surface area (Å²) in [5.41, 5.74) is 3.58. The van der Waals surface area contributed by atoms with Gasteiger partial charge in [0.05, 0.1) is 28.2 Å². The third-order valence-electron chi connectivity index (χ3n) is 7.14. The molecule has 0 radical (unpaired) electrons. The van der Waals surface area contributed by atoms with Gasteiger partial charge in [0.2, 0.25) is 0 Å². The van der Waals surface area contributed by atoms with Gasteiger partial charge in [0.25, 0.3) is 0 Å². The van der Waals surface area contributed by atoms with E-state index >= 15 is 4.39 Å². The van der Waals surface area contributed by atoms with E-state index in [1.54, 1.807) is 4.90 Å². The molecule has 1 aliphatic heterocycles. The lowest BCUT2D eigenvalue weighted by atomic mass is 10.0. The van der Waals surface area contributed by atoms with Crippen LogP contribution >= 0.6 is 0 Å². The van der Waals surface area contributed by atoms with Crippen molar-refractivity contribution in [3.05, 3.63) is 69.9 Å². The highest BCUT2D eigenvalue weighted by Gasteiger charge is 2.40. The smallest absolute Gasteiger partial charge is 0.397 e. The van der Waals surface area contributed by atoms with Gasteiger partial charge < -0.3 is 16.0 Å². The zero-order chi connectivity index (χ0) is 28.9. The quantitative estimate of drug-likeness (QED) is 0.281. The van der Waals surface area contributed by atoms with E-state index in [1.807, 2.05) is 6.92 Å². The number of fused-ring (bicyclic) bond motifs is 1. The molecular weight excluding hydrogens is 533 g/mol. The third-order valence-corrected chi connectivity index (χ3v) is 7.14. The fraction of sp³-hybridized carbons (Fsp3) is 0.333. The highest BCUT2D eigenvalue weighted by Crippen LogP contribution is 2.39. The second-order valence-electron chi connectivity index (χ2n) is 9.82. The standard InChI is InChI=1S/C27H26F5N7O/c1-13-7-8-35-21(15(3)27(30,31)32)23(13)39-25-16(24(37-26(39)40)38-10-9-34-12-14(38)2)11-18(29)22(36-25)20-17(28)5-4-6-19(20)33/h4-8,11,14-15,34H,9-10,12,33H2,1-3H3/t14-,15?/m0/s1. The van der Waals surface area contributed by atoms with Crippen molar-refractivity contribution in [2.45, 2.75) is 38.9 Å². The van der Waals surface area contributed by atoms with Crippen LogP contribution in [0.25, 0.3) is 28.0 Å². The van der Waals surface area contributed by atoms with Crippen LogP contribution in [-0.2, 0) is 0 Å². The molecule has 0 aliphatic carbocycles. The molecule has 2 atom stereocenters. The Kier molecular flexibility index (Phi) is 6.94. The number of hydrogen-bond acceptors (Lipinski definition) is 7. The molecular formula is C27H26F5N7O. The number of aromatic nitrogens is 4.